The fraction of sp³-hybridized carbons (Fsp3) is 0.562. The van der Waals surface area contributed by atoms with E-state index in [1.54, 1.807) is 12.1 Å². The number of nitrogens with one attached hydrogen (secondary N) is 1. The number of nitrogens with zero attached hydrogens (tertiary/aromatic N) is 1. The van der Waals surface area contributed by atoms with Crippen LogP contribution in [0.1, 0.15) is 38.3 Å². The van der Waals surface area contributed by atoms with Crippen LogP contribution in [0.3, 0.4) is 0 Å². The van der Waals surface area contributed by atoms with Gasteiger partial charge < -0.3 is 11.1 Å². The van der Waals surface area contributed by atoms with E-state index >= 15 is 0 Å². The summed E-state index contributed by atoms with van der Waals surface area (Å²) in [6, 6.07) is 6.67. The Bertz CT molecular complexity index is 494. The minimum absolute atomic E-state index is 0.0240. The van der Waals surface area contributed by atoms with Crippen LogP contribution in [-0.4, -0.2) is 36.0 Å². The van der Waals surface area contributed by atoms with Crippen LogP contribution in [0, 0.1) is 5.82 Å². The molecule has 4 nitrogen and oxygen atoms in total. The highest BCUT2D eigenvalue weighted by atomic mass is 19.1. The molecular formula is C16H24FN3O. The molecule has 0 aromatic heterocycles. The maximum Gasteiger partial charge on any atom is 0.217 e. The summed E-state index contributed by atoms with van der Waals surface area (Å²) in [4.78, 5) is 13.4. The van der Waals surface area contributed by atoms with Crippen LogP contribution in [-0.2, 0) is 4.79 Å². The second-order valence-electron chi connectivity index (χ2n) is 5.72. The quantitative estimate of drug-likeness (QED) is 0.870. The molecule has 1 aliphatic heterocycles. The van der Waals surface area contributed by atoms with Gasteiger partial charge in [0, 0.05) is 37.7 Å². The van der Waals surface area contributed by atoms with Gasteiger partial charge in [-0.3, -0.25) is 9.69 Å². The summed E-state index contributed by atoms with van der Waals surface area (Å²) in [6.07, 6.45) is 1.65. The molecule has 116 valence electrons. The van der Waals surface area contributed by atoms with Gasteiger partial charge in [-0.05, 0) is 18.9 Å². The lowest BCUT2D eigenvalue weighted by Crippen LogP contribution is -2.42. The molecule has 0 aliphatic carbocycles. The van der Waals surface area contributed by atoms with Gasteiger partial charge in [-0.2, -0.15) is 0 Å². The minimum Gasteiger partial charge on any atom is -0.352 e. The molecule has 1 aliphatic rings. The van der Waals surface area contributed by atoms with Crippen molar-refractivity contribution in [3.05, 3.63) is 35.6 Å². The summed E-state index contributed by atoms with van der Waals surface area (Å²) in [5.74, 6) is -0.238. The van der Waals surface area contributed by atoms with Crippen molar-refractivity contribution in [1.29, 1.82) is 0 Å². The Morgan fingerprint density at radius 1 is 1.52 bits per heavy atom. The molecule has 3 unspecified atom stereocenters. The van der Waals surface area contributed by atoms with E-state index in [0.717, 1.165) is 19.4 Å². The predicted molar refractivity (Wildman–Crippen MR) is 81.2 cm³/mol. The number of likely N-dealkylation sites (tertiary alicyclic amines) is 1. The predicted octanol–water partition coefficient (Wildman–Crippen LogP) is 1.81. The first-order chi connectivity index (χ1) is 10.0. The average Bonchev–Trinajstić information content (AvgIpc) is 2.88. The Morgan fingerprint density at radius 3 is 2.86 bits per heavy atom. The second kappa shape index (κ2) is 7.00. The third kappa shape index (κ3) is 3.80. The number of hydrogen-bond donors (Lipinski definition) is 2. The summed E-state index contributed by atoms with van der Waals surface area (Å²) in [5.41, 5.74) is 6.90. The lowest BCUT2D eigenvalue weighted by Gasteiger charge is -2.33. The highest BCUT2D eigenvalue weighted by Crippen LogP contribution is 2.30. The summed E-state index contributed by atoms with van der Waals surface area (Å²) in [5, 5.41) is 2.93. The van der Waals surface area contributed by atoms with Crippen LogP contribution in [0.15, 0.2) is 24.3 Å². The maximum atomic E-state index is 14.1. The zero-order valence-electron chi connectivity index (χ0n) is 12.7. The van der Waals surface area contributed by atoms with Crippen LogP contribution >= 0.6 is 0 Å². The van der Waals surface area contributed by atoms with Gasteiger partial charge in [0.2, 0.25) is 5.91 Å². The fourth-order valence-electron chi connectivity index (χ4n) is 3.08. The Hall–Kier alpha value is -1.46. The third-order valence-corrected chi connectivity index (χ3v) is 4.12. The van der Waals surface area contributed by atoms with Crippen molar-refractivity contribution < 1.29 is 9.18 Å². The number of amides is 1. The van der Waals surface area contributed by atoms with E-state index in [9.17, 15) is 9.18 Å². The smallest absolute Gasteiger partial charge is 0.217 e. The average molecular weight is 293 g/mol. The van der Waals surface area contributed by atoms with E-state index in [0.29, 0.717) is 12.1 Å². The molecule has 3 N–H and O–H groups in total. The Morgan fingerprint density at radius 2 is 2.24 bits per heavy atom. The van der Waals surface area contributed by atoms with Crippen molar-refractivity contribution in [2.24, 2.45) is 5.73 Å². The first kappa shape index (κ1) is 15.9. The molecular weight excluding hydrogens is 269 g/mol. The number of carbonyl (C=O) groups is 1. The molecule has 1 fully saturated rings. The van der Waals surface area contributed by atoms with E-state index in [2.05, 4.69) is 10.2 Å². The van der Waals surface area contributed by atoms with Gasteiger partial charge in [0.15, 0.2) is 0 Å². The largest absolute Gasteiger partial charge is 0.352 e. The van der Waals surface area contributed by atoms with E-state index in [4.69, 9.17) is 5.73 Å². The molecule has 1 saturated heterocycles. The molecule has 0 saturated carbocycles. The van der Waals surface area contributed by atoms with Crippen LogP contribution in [0.2, 0.25) is 0 Å². The lowest BCUT2D eigenvalue weighted by molar-refractivity contribution is -0.119. The standard InChI is InChI=1S/C16H24FN3O/c1-3-15(18)16(13-6-4-5-7-14(13)17)20-9-8-12(10-20)19-11(2)21/h4-7,12,15-16H,3,8-10,18H2,1-2H3,(H,19,21). The number of rotatable bonds is 5. The van der Waals surface area contributed by atoms with Crippen LogP contribution in [0.25, 0.3) is 0 Å². The zero-order valence-corrected chi connectivity index (χ0v) is 12.7. The molecule has 21 heavy (non-hydrogen) atoms. The Kier molecular flexibility index (Phi) is 5.31. The van der Waals surface area contributed by atoms with Crippen molar-refractivity contribution in [3.8, 4) is 0 Å². The van der Waals surface area contributed by atoms with Crippen molar-refractivity contribution >= 4 is 5.91 Å². The molecule has 2 rings (SSSR count). The van der Waals surface area contributed by atoms with Crippen LogP contribution in [0.5, 0.6) is 0 Å². The molecule has 0 spiro atoms. The Labute approximate surface area is 125 Å². The van der Waals surface area contributed by atoms with Gasteiger partial charge in [-0.15, -0.1) is 0 Å². The van der Waals surface area contributed by atoms with Crippen LogP contribution < -0.4 is 11.1 Å². The summed E-state index contributed by atoms with van der Waals surface area (Å²) in [6.45, 7) is 5.07. The van der Waals surface area contributed by atoms with Gasteiger partial charge in [0.25, 0.3) is 0 Å². The number of carbonyl (C=O) groups excluding carboxylic acids is 1. The number of hydrogen-bond acceptors (Lipinski definition) is 3. The Balaban J connectivity index is 2.18. The van der Waals surface area contributed by atoms with Crippen molar-refractivity contribution in [2.75, 3.05) is 13.1 Å². The number of nitrogens with two attached hydrogens (primary N) is 1. The number of benzene rings is 1. The first-order valence-corrected chi connectivity index (χ1v) is 7.54. The molecule has 0 bridgehead atoms. The maximum absolute atomic E-state index is 14.1. The first-order valence-electron chi connectivity index (χ1n) is 7.54. The SMILES string of the molecule is CCC(N)C(c1ccccc1F)N1CCC(NC(C)=O)C1. The minimum atomic E-state index is -0.214. The topological polar surface area (TPSA) is 58.4 Å². The molecule has 0 radical (unpaired) electrons. The molecule has 1 amide bonds. The molecule has 1 aromatic carbocycles. The molecule has 1 heterocycles. The fourth-order valence-corrected chi connectivity index (χ4v) is 3.08. The summed E-state index contributed by atoms with van der Waals surface area (Å²) < 4.78 is 14.1. The molecule has 3 atom stereocenters. The highest BCUT2D eigenvalue weighted by Gasteiger charge is 2.33. The van der Waals surface area contributed by atoms with Crippen molar-refractivity contribution in [2.45, 2.75) is 44.8 Å². The van der Waals surface area contributed by atoms with Gasteiger partial charge in [-0.1, -0.05) is 25.1 Å². The monoisotopic (exact) mass is 293 g/mol. The number of halogens is 1. The summed E-state index contributed by atoms with van der Waals surface area (Å²) in [7, 11) is 0. The van der Waals surface area contributed by atoms with Gasteiger partial charge in [0.1, 0.15) is 5.82 Å². The second-order valence-corrected chi connectivity index (χ2v) is 5.72. The zero-order chi connectivity index (χ0) is 15.4. The van der Waals surface area contributed by atoms with E-state index in [-0.39, 0.29) is 29.8 Å². The molecule has 5 heteroatoms. The van der Waals surface area contributed by atoms with Gasteiger partial charge >= 0.3 is 0 Å². The third-order valence-electron chi connectivity index (χ3n) is 4.12. The lowest BCUT2D eigenvalue weighted by atomic mass is 9.96. The normalized spacial score (nSPS) is 22.0. The molecule has 1 aromatic rings. The van der Waals surface area contributed by atoms with Gasteiger partial charge in [0.05, 0.1) is 6.04 Å². The van der Waals surface area contributed by atoms with E-state index < -0.39 is 0 Å². The highest BCUT2D eigenvalue weighted by molar-refractivity contribution is 5.73. The van der Waals surface area contributed by atoms with E-state index in [1.807, 2.05) is 13.0 Å². The summed E-state index contributed by atoms with van der Waals surface area (Å²) >= 11 is 0. The van der Waals surface area contributed by atoms with Crippen LogP contribution in [0.4, 0.5) is 4.39 Å². The van der Waals surface area contributed by atoms with Crippen molar-refractivity contribution in [3.63, 3.8) is 0 Å². The van der Waals surface area contributed by atoms with Crippen molar-refractivity contribution in [1.82, 2.24) is 10.2 Å². The van der Waals surface area contributed by atoms with E-state index in [1.165, 1.54) is 13.0 Å². The van der Waals surface area contributed by atoms with Gasteiger partial charge in [-0.25, -0.2) is 4.39 Å².